The third kappa shape index (κ3) is 3.99. The zero-order valence-electron chi connectivity index (χ0n) is 15.0. The molecule has 0 bridgehead atoms. The Kier molecular flexibility index (Phi) is 5.93. The highest BCUT2D eigenvalue weighted by Gasteiger charge is 2.33. The Hall–Kier alpha value is -2.15. The first-order valence-corrected chi connectivity index (χ1v) is 9.01. The molecule has 2 aromatic carbocycles. The minimum atomic E-state index is -4.40. The highest BCUT2D eigenvalue weighted by atomic mass is 79.9. The second-order valence-electron chi connectivity index (χ2n) is 6.83. The maximum absolute atomic E-state index is 13.4. The van der Waals surface area contributed by atoms with E-state index in [1.54, 1.807) is 18.2 Å². The molecule has 0 aliphatic carbocycles. The maximum atomic E-state index is 13.4. The van der Waals surface area contributed by atoms with Crippen LogP contribution >= 0.6 is 0 Å². The van der Waals surface area contributed by atoms with Gasteiger partial charge in [-0.05, 0) is 61.7 Å². The Balaban J connectivity index is 0.00000225. The average molecular weight is 455 g/mol. The van der Waals surface area contributed by atoms with Crippen LogP contribution in [0.4, 0.5) is 17.6 Å². The summed E-state index contributed by atoms with van der Waals surface area (Å²) in [5.41, 5.74) is 1.34. The quantitative estimate of drug-likeness (QED) is 0.415. The zero-order valence-corrected chi connectivity index (χ0v) is 16.6. The number of rotatable bonds is 2. The van der Waals surface area contributed by atoms with Crippen molar-refractivity contribution in [1.29, 1.82) is 0 Å². The number of hydrogen-bond donors (Lipinski definition) is 0. The summed E-state index contributed by atoms with van der Waals surface area (Å²) in [5, 5.41) is 0. The number of fused-ring (bicyclic) bond motifs is 1. The summed E-state index contributed by atoms with van der Waals surface area (Å²) >= 11 is 0. The van der Waals surface area contributed by atoms with Gasteiger partial charge < -0.3 is 17.0 Å². The van der Waals surface area contributed by atoms with Gasteiger partial charge in [0.25, 0.3) is 5.82 Å². The van der Waals surface area contributed by atoms with Gasteiger partial charge >= 0.3 is 6.18 Å². The highest BCUT2D eigenvalue weighted by Crippen LogP contribution is 2.32. The predicted molar refractivity (Wildman–Crippen MR) is 93.9 cm³/mol. The first-order valence-electron chi connectivity index (χ1n) is 9.01. The summed E-state index contributed by atoms with van der Waals surface area (Å²) in [6, 6.07) is 11.4. The van der Waals surface area contributed by atoms with Crippen LogP contribution in [-0.4, -0.2) is 4.57 Å². The summed E-state index contributed by atoms with van der Waals surface area (Å²) in [5.74, 6) is 0.635. The molecule has 3 aromatic rings. The van der Waals surface area contributed by atoms with Crippen LogP contribution in [0.15, 0.2) is 54.7 Å². The van der Waals surface area contributed by atoms with E-state index in [0.717, 1.165) is 55.4 Å². The lowest BCUT2D eigenvalue weighted by Gasteiger charge is -2.10. The minimum absolute atomic E-state index is 0. The van der Waals surface area contributed by atoms with Crippen LogP contribution in [-0.2, 0) is 19.1 Å². The fourth-order valence-electron chi connectivity index (χ4n) is 3.67. The van der Waals surface area contributed by atoms with Gasteiger partial charge in [0.15, 0.2) is 5.69 Å². The van der Waals surface area contributed by atoms with Gasteiger partial charge in [0.1, 0.15) is 17.7 Å². The molecule has 148 valence electrons. The van der Waals surface area contributed by atoms with E-state index in [-0.39, 0.29) is 22.8 Å². The first kappa shape index (κ1) is 20.6. The van der Waals surface area contributed by atoms with Crippen molar-refractivity contribution in [2.45, 2.75) is 38.4 Å². The van der Waals surface area contributed by atoms with Gasteiger partial charge in [-0.15, -0.1) is 0 Å². The molecule has 2 heterocycles. The van der Waals surface area contributed by atoms with Crippen molar-refractivity contribution in [2.75, 3.05) is 0 Å². The molecule has 0 radical (unpaired) electrons. The van der Waals surface area contributed by atoms with E-state index in [1.165, 1.54) is 24.3 Å². The third-order valence-corrected chi connectivity index (χ3v) is 4.98. The minimum Gasteiger partial charge on any atom is -1.00 e. The number of benzene rings is 2. The average Bonchev–Trinajstić information content (AvgIpc) is 2.84. The second-order valence-corrected chi connectivity index (χ2v) is 6.83. The summed E-state index contributed by atoms with van der Waals surface area (Å²) < 4.78 is 57.0. The molecule has 0 atom stereocenters. The van der Waals surface area contributed by atoms with Crippen molar-refractivity contribution >= 4 is 0 Å². The van der Waals surface area contributed by atoms with Crippen LogP contribution in [0.2, 0.25) is 0 Å². The predicted octanol–water partition coefficient (Wildman–Crippen LogP) is 2.32. The molecule has 0 unspecified atom stereocenters. The Morgan fingerprint density at radius 3 is 2.39 bits per heavy atom. The van der Waals surface area contributed by atoms with E-state index in [2.05, 4.69) is 4.57 Å². The van der Waals surface area contributed by atoms with Crippen LogP contribution in [0.3, 0.4) is 0 Å². The zero-order chi connectivity index (χ0) is 19.0. The van der Waals surface area contributed by atoms with Crippen molar-refractivity contribution in [3.05, 3.63) is 71.9 Å². The third-order valence-electron chi connectivity index (χ3n) is 4.98. The van der Waals surface area contributed by atoms with Crippen molar-refractivity contribution in [3.8, 4) is 16.9 Å². The second kappa shape index (κ2) is 8.07. The number of aromatic nitrogens is 2. The molecule has 1 aliphatic rings. The molecule has 1 aliphatic heterocycles. The normalized spacial score (nSPS) is 14.1. The molecular formula is C21H19BrF4N2. The Labute approximate surface area is 171 Å². The van der Waals surface area contributed by atoms with Gasteiger partial charge in [0.05, 0.1) is 12.1 Å². The number of imidazole rings is 1. The number of aryl methyl sites for hydroxylation is 1. The largest absolute Gasteiger partial charge is 1.00 e. The molecule has 0 fully saturated rings. The molecule has 0 N–H and O–H groups in total. The molecule has 0 amide bonds. The lowest BCUT2D eigenvalue weighted by Crippen LogP contribution is -3.00. The van der Waals surface area contributed by atoms with E-state index >= 15 is 0 Å². The summed E-state index contributed by atoms with van der Waals surface area (Å²) in [7, 11) is 0. The van der Waals surface area contributed by atoms with E-state index in [4.69, 9.17) is 0 Å². The summed E-state index contributed by atoms with van der Waals surface area (Å²) in [4.78, 5) is 0. The Morgan fingerprint density at radius 1 is 0.929 bits per heavy atom. The number of nitrogens with zero attached hydrogens (tertiary/aromatic N) is 2. The summed E-state index contributed by atoms with van der Waals surface area (Å²) in [6.07, 6.45) is 1.48. The van der Waals surface area contributed by atoms with E-state index < -0.39 is 11.7 Å². The highest BCUT2D eigenvalue weighted by molar-refractivity contribution is 5.62. The number of hydrogen-bond acceptors (Lipinski definition) is 0. The van der Waals surface area contributed by atoms with E-state index in [1.807, 2.05) is 10.8 Å². The Bertz CT molecular complexity index is 962. The standard InChI is InChI=1S/C21H19F4N2.BrH/c22-17-10-8-15(9-11-17)19-14-26-12-3-1-2-7-20(26)27(19)18-6-4-5-16(13-18)21(23,24)25;/h4-6,8-11,13-14H,1-3,7,12H2;1H/q+1;/p-1. The van der Waals surface area contributed by atoms with Crippen LogP contribution in [0.25, 0.3) is 16.9 Å². The van der Waals surface area contributed by atoms with E-state index in [9.17, 15) is 17.6 Å². The number of alkyl halides is 3. The van der Waals surface area contributed by atoms with Gasteiger partial charge in [-0.2, -0.15) is 17.7 Å². The van der Waals surface area contributed by atoms with Crippen LogP contribution in [0.5, 0.6) is 0 Å². The molecule has 0 saturated carbocycles. The van der Waals surface area contributed by atoms with Crippen molar-refractivity contribution < 1.29 is 39.1 Å². The molecule has 0 spiro atoms. The van der Waals surface area contributed by atoms with Crippen LogP contribution in [0, 0.1) is 5.82 Å². The van der Waals surface area contributed by atoms with Gasteiger partial charge in [-0.3, -0.25) is 0 Å². The SMILES string of the molecule is Fc1ccc(-c2c[n+]3c(n2-c2cccc(C(F)(F)F)c2)CCCCC3)cc1.[Br-]. The van der Waals surface area contributed by atoms with Crippen molar-refractivity contribution in [3.63, 3.8) is 0 Å². The lowest BCUT2D eigenvalue weighted by molar-refractivity contribution is -0.702. The maximum Gasteiger partial charge on any atom is 0.416 e. The molecule has 4 rings (SSSR count). The monoisotopic (exact) mass is 454 g/mol. The van der Waals surface area contributed by atoms with Gasteiger partial charge in [-0.25, -0.2) is 8.96 Å². The fourth-order valence-corrected chi connectivity index (χ4v) is 3.67. The Morgan fingerprint density at radius 2 is 1.68 bits per heavy atom. The molecule has 7 heteroatoms. The topological polar surface area (TPSA) is 8.81 Å². The summed E-state index contributed by atoms with van der Waals surface area (Å²) in [6.45, 7) is 0.829. The molecule has 2 nitrogen and oxygen atoms in total. The van der Waals surface area contributed by atoms with Crippen LogP contribution < -0.4 is 21.5 Å². The van der Waals surface area contributed by atoms with Gasteiger partial charge in [0, 0.05) is 12.0 Å². The van der Waals surface area contributed by atoms with Gasteiger partial charge in [0.2, 0.25) is 0 Å². The molecular weight excluding hydrogens is 436 g/mol. The van der Waals surface area contributed by atoms with E-state index in [0.29, 0.717) is 5.69 Å². The van der Waals surface area contributed by atoms with Crippen LogP contribution in [0.1, 0.15) is 30.7 Å². The molecule has 0 saturated heterocycles. The lowest BCUT2D eigenvalue weighted by atomic mass is 10.1. The smallest absolute Gasteiger partial charge is 0.416 e. The molecule has 28 heavy (non-hydrogen) atoms. The molecule has 1 aromatic heterocycles. The first-order chi connectivity index (χ1) is 12.9. The van der Waals surface area contributed by atoms with Gasteiger partial charge in [-0.1, -0.05) is 6.07 Å². The van der Waals surface area contributed by atoms with Crippen molar-refractivity contribution in [2.24, 2.45) is 0 Å². The number of halogens is 5. The fraction of sp³-hybridized carbons (Fsp3) is 0.286. The van der Waals surface area contributed by atoms with Crippen molar-refractivity contribution in [1.82, 2.24) is 4.57 Å².